The molecule has 0 fully saturated rings. The first kappa shape index (κ1) is 27.6. The first-order valence-electron chi connectivity index (χ1n) is 11.1. The standard InChI is InChI=1S/3C9H13.La/c3*1-2-3-6-9-7-4-5-8-9;/h3*4,7H,2-3,5-6H2,1H3;/q3*-1;+3. The summed E-state index contributed by atoms with van der Waals surface area (Å²) in [5, 5.41) is 0. The van der Waals surface area contributed by atoms with Gasteiger partial charge in [0, 0.05) is 0 Å². The summed E-state index contributed by atoms with van der Waals surface area (Å²) in [4.78, 5) is 0. The Bertz CT molecular complexity index is 474. The molecule has 0 aromatic heterocycles. The molecule has 3 aliphatic carbocycles. The SMILES string of the molecule is CCCCC1=[C-]CC=C1.CCCCC1=[C-]CC=C1.CCCCC1=[C-]CC=C1.[La+3]. The van der Waals surface area contributed by atoms with Gasteiger partial charge in [0.25, 0.3) is 0 Å². The molecule has 0 N–H and O–H groups in total. The molecule has 0 radical (unpaired) electrons. The Morgan fingerprint density at radius 1 is 0.571 bits per heavy atom. The van der Waals surface area contributed by atoms with Gasteiger partial charge in [-0.1, -0.05) is 78.6 Å². The maximum Gasteiger partial charge on any atom is 3.00 e. The average molecular weight is 503 g/mol. The van der Waals surface area contributed by atoms with Gasteiger partial charge in [0.15, 0.2) is 0 Å². The van der Waals surface area contributed by atoms with Gasteiger partial charge in [-0.05, 0) is 0 Å². The van der Waals surface area contributed by atoms with Gasteiger partial charge in [0.1, 0.15) is 0 Å². The second-order valence-electron chi connectivity index (χ2n) is 7.24. The van der Waals surface area contributed by atoms with Gasteiger partial charge in [-0.2, -0.15) is 18.2 Å². The van der Waals surface area contributed by atoms with Gasteiger partial charge in [-0.3, -0.25) is 18.2 Å². The van der Waals surface area contributed by atoms with Crippen molar-refractivity contribution in [1.29, 1.82) is 0 Å². The Kier molecular flexibility index (Phi) is 19.7. The quantitative estimate of drug-likeness (QED) is 0.277. The van der Waals surface area contributed by atoms with Crippen LogP contribution in [0.3, 0.4) is 0 Å². The van der Waals surface area contributed by atoms with Crippen LogP contribution in [0.5, 0.6) is 0 Å². The second kappa shape index (κ2) is 19.9. The molecule has 3 aliphatic rings. The number of hydrogen-bond donors (Lipinski definition) is 0. The second-order valence-corrected chi connectivity index (χ2v) is 7.24. The van der Waals surface area contributed by atoms with Crippen molar-refractivity contribution < 1.29 is 35.6 Å². The van der Waals surface area contributed by atoms with Crippen molar-refractivity contribution in [3.8, 4) is 0 Å². The normalized spacial score (nSPS) is 15.8. The minimum Gasteiger partial charge on any atom is -0.269 e. The van der Waals surface area contributed by atoms with Gasteiger partial charge in [0.05, 0.1) is 0 Å². The van der Waals surface area contributed by atoms with Crippen LogP contribution in [-0.4, -0.2) is 0 Å². The Labute approximate surface area is 203 Å². The third-order valence-electron chi connectivity index (χ3n) is 4.70. The maximum absolute atomic E-state index is 3.30. The molecule has 0 heterocycles. The Morgan fingerprint density at radius 2 is 0.857 bits per heavy atom. The first-order chi connectivity index (χ1) is 13.3. The molecule has 0 aliphatic heterocycles. The van der Waals surface area contributed by atoms with Gasteiger partial charge in [-0.25, -0.2) is 34.9 Å². The molecular weight excluding hydrogens is 463 g/mol. The van der Waals surface area contributed by atoms with Crippen LogP contribution in [0.25, 0.3) is 0 Å². The van der Waals surface area contributed by atoms with E-state index in [-0.39, 0.29) is 35.6 Å². The van der Waals surface area contributed by atoms with Crippen molar-refractivity contribution in [2.45, 2.75) is 97.8 Å². The molecule has 28 heavy (non-hydrogen) atoms. The minimum absolute atomic E-state index is 0. The molecule has 0 amide bonds. The van der Waals surface area contributed by atoms with Crippen LogP contribution < -0.4 is 0 Å². The maximum atomic E-state index is 3.30. The summed E-state index contributed by atoms with van der Waals surface area (Å²) in [6.45, 7) is 6.66. The van der Waals surface area contributed by atoms with E-state index < -0.39 is 0 Å². The molecule has 0 aromatic rings. The summed E-state index contributed by atoms with van der Waals surface area (Å²) in [7, 11) is 0. The summed E-state index contributed by atoms with van der Waals surface area (Å²) < 4.78 is 0. The van der Waals surface area contributed by atoms with E-state index in [4.69, 9.17) is 0 Å². The van der Waals surface area contributed by atoms with Gasteiger partial charge < -0.3 is 0 Å². The zero-order valence-corrected chi connectivity index (χ0v) is 22.2. The summed E-state index contributed by atoms with van der Waals surface area (Å²) in [5.41, 5.74) is 4.24. The molecule has 0 nitrogen and oxygen atoms in total. The van der Waals surface area contributed by atoms with E-state index in [1.54, 1.807) is 0 Å². The number of hydrogen-bond acceptors (Lipinski definition) is 0. The molecule has 1 heteroatoms. The summed E-state index contributed by atoms with van der Waals surface area (Å²) in [6.07, 6.45) is 37.6. The topological polar surface area (TPSA) is 0 Å². The first-order valence-corrected chi connectivity index (χ1v) is 11.1. The van der Waals surface area contributed by atoms with E-state index >= 15 is 0 Å². The van der Waals surface area contributed by atoms with Crippen molar-refractivity contribution in [1.82, 2.24) is 0 Å². The van der Waals surface area contributed by atoms with Crippen molar-refractivity contribution in [3.63, 3.8) is 0 Å². The van der Waals surface area contributed by atoms with Crippen LogP contribution in [0.4, 0.5) is 0 Å². The van der Waals surface area contributed by atoms with Gasteiger partial charge >= 0.3 is 35.6 Å². The summed E-state index contributed by atoms with van der Waals surface area (Å²) in [5.74, 6) is 0. The van der Waals surface area contributed by atoms with E-state index in [1.807, 2.05) is 0 Å². The van der Waals surface area contributed by atoms with E-state index in [9.17, 15) is 0 Å². The Morgan fingerprint density at radius 3 is 1.04 bits per heavy atom. The number of allylic oxidation sites excluding steroid dienone is 12. The zero-order valence-electron chi connectivity index (χ0n) is 18.5. The van der Waals surface area contributed by atoms with Crippen LogP contribution in [0.15, 0.2) is 53.2 Å². The molecule has 3 rings (SSSR count). The van der Waals surface area contributed by atoms with Gasteiger partial charge in [-0.15, -0.1) is 19.3 Å². The molecule has 0 atom stereocenters. The van der Waals surface area contributed by atoms with E-state index in [0.717, 1.165) is 19.3 Å². The summed E-state index contributed by atoms with van der Waals surface area (Å²) >= 11 is 0. The fourth-order valence-corrected chi connectivity index (χ4v) is 2.97. The predicted octanol–water partition coefficient (Wildman–Crippen LogP) is 8.60. The summed E-state index contributed by atoms with van der Waals surface area (Å²) in [6, 6.07) is 0. The molecule has 0 bridgehead atoms. The fourth-order valence-electron chi connectivity index (χ4n) is 2.97. The van der Waals surface area contributed by atoms with E-state index in [2.05, 4.69) is 75.5 Å². The van der Waals surface area contributed by atoms with E-state index in [1.165, 1.54) is 74.5 Å². The molecule has 150 valence electrons. The van der Waals surface area contributed by atoms with E-state index in [0.29, 0.717) is 0 Å². The third-order valence-corrected chi connectivity index (χ3v) is 4.70. The minimum atomic E-state index is 0. The molecule has 0 spiro atoms. The average Bonchev–Trinajstić information content (AvgIpc) is 3.47. The molecule has 0 aromatic carbocycles. The molecule has 0 unspecified atom stereocenters. The van der Waals surface area contributed by atoms with Crippen LogP contribution in [-0.2, 0) is 0 Å². The number of unbranched alkanes of at least 4 members (excludes halogenated alkanes) is 3. The fraction of sp³-hybridized carbons (Fsp3) is 0.556. The van der Waals surface area contributed by atoms with Gasteiger partial charge in [0.2, 0.25) is 0 Å². The van der Waals surface area contributed by atoms with Crippen LogP contribution >= 0.6 is 0 Å². The molecule has 0 saturated heterocycles. The van der Waals surface area contributed by atoms with Crippen molar-refractivity contribution in [3.05, 3.63) is 71.4 Å². The number of rotatable bonds is 9. The third kappa shape index (κ3) is 14.6. The van der Waals surface area contributed by atoms with Crippen LogP contribution in [0, 0.1) is 53.8 Å². The zero-order chi connectivity index (χ0) is 19.6. The van der Waals surface area contributed by atoms with Crippen molar-refractivity contribution in [2.75, 3.05) is 0 Å². The monoisotopic (exact) mass is 502 g/mol. The Hall–Kier alpha value is -0.365. The predicted molar refractivity (Wildman–Crippen MR) is 120 cm³/mol. The van der Waals surface area contributed by atoms with Crippen molar-refractivity contribution in [2.24, 2.45) is 0 Å². The Balaban J connectivity index is 0.000000384. The smallest absolute Gasteiger partial charge is 0.269 e. The molecule has 0 saturated carbocycles. The van der Waals surface area contributed by atoms with Crippen LogP contribution in [0.2, 0.25) is 0 Å². The van der Waals surface area contributed by atoms with Crippen molar-refractivity contribution >= 4 is 0 Å². The molecular formula is C27H39La. The largest absolute Gasteiger partial charge is 3.00 e. The van der Waals surface area contributed by atoms with Crippen LogP contribution in [0.1, 0.15) is 97.8 Å².